The van der Waals surface area contributed by atoms with E-state index in [0.717, 1.165) is 5.56 Å². The van der Waals surface area contributed by atoms with Crippen molar-refractivity contribution < 1.29 is 18.3 Å². The van der Waals surface area contributed by atoms with Gasteiger partial charge in [-0.2, -0.15) is 0 Å². The fourth-order valence-corrected chi connectivity index (χ4v) is 4.45. The van der Waals surface area contributed by atoms with Crippen molar-refractivity contribution in [1.82, 2.24) is 4.98 Å². The van der Waals surface area contributed by atoms with Crippen LogP contribution in [-0.4, -0.2) is 36.0 Å². The first kappa shape index (κ1) is 14.0. The Morgan fingerprint density at radius 2 is 2.11 bits per heavy atom. The third kappa shape index (κ3) is 3.76. The van der Waals surface area contributed by atoms with Gasteiger partial charge in [-0.1, -0.05) is 0 Å². The van der Waals surface area contributed by atoms with E-state index in [-0.39, 0.29) is 17.4 Å². The van der Waals surface area contributed by atoms with Crippen LogP contribution in [0.5, 0.6) is 0 Å². The van der Waals surface area contributed by atoms with E-state index >= 15 is 0 Å². The van der Waals surface area contributed by atoms with Crippen LogP contribution in [-0.2, 0) is 21.1 Å². The van der Waals surface area contributed by atoms with Crippen molar-refractivity contribution in [1.29, 1.82) is 0 Å². The van der Waals surface area contributed by atoms with Crippen molar-refractivity contribution in [3.8, 4) is 0 Å². The lowest BCUT2D eigenvalue weighted by Crippen LogP contribution is -2.25. The van der Waals surface area contributed by atoms with E-state index in [1.165, 1.54) is 0 Å². The summed E-state index contributed by atoms with van der Waals surface area (Å²) < 4.78 is 22.9. The van der Waals surface area contributed by atoms with Crippen LogP contribution in [0.3, 0.4) is 0 Å². The molecule has 5 nitrogen and oxygen atoms in total. The molecule has 1 N–H and O–H groups in total. The maximum absolute atomic E-state index is 11.4. The summed E-state index contributed by atoms with van der Waals surface area (Å²) in [4.78, 5) is 15.2. The number of aromatic nitrogens is 1. The first-order valence-electron chi connectivity index (χ1n) is 6.30. The van der Waals surface area contributed by atoms with E-state index in [2.05, 4.69) is 4.98 Å². The van der Waals surface area contributed by atoms with Crippen LogP contribution in [0.25, 0.3) is 0 Å². The lowest BCUT2D eigenvalue weighted by Gasteiger charge is -2.17. The van der Waals surface area contributed by atoms with Gasteiger partial charge in [0.25, 0.3) is 0 Å². The first-order chi connectivity index (χ1) is 8.98. The first-order valence-corrected chi connectivity index (χ1v) is 8.12. The van der Waals surface area contributed by atoms with Crippen molar-refractivity contribution in [2.45, 2.75) is 19.3 Å². The maximum Gasteiger partial charge on any atom is 0.306 e. The summed E-state index contributed by atoms with van der Waals surface area (Å²) >= 11 is 0. The molecule has 1 aromatic rings. The average Bonchev–Trinajstić information content (AvgIpc) is 2.71. The lowest BCUT2D eigenvalue weighted by molar-refractivity contribution is -0.143. The molecule has 1 aromatic heterocycles. The molecule has 2 atom stereocenters. The molecular formula is C13H17NO4S. The van der Waals surface area contributed by atoms with Gasteiger partial charge in [-0.05, 0) is 42.9 Å². The third-order valence-electron chi connectivity index (χ3n) is 3.65. The Labute approximate surface area is 112 Å². The summed E-state index contributed by atoms with van der Waals surface area (Å²) in [5.41, 5.74) is 1.03. The molecule has 0 saturated carbocycles. The van der Waals surface area contributed by atoms with Gasteiger partial charge in [0.05, 0.1) is 17.4 Å². The van der Waals surface area contributed by atoms with Gasteiger partial charge in [0.2, 0.25) is 0 Å². The Hall–Kier alpha value is -1.43. The van der Waals surface area contributed by atoms with Crippen LogP contribution in [0.15, 0.2) is 24.5 Å². The Morgan fingerprint density at radius 1 is 1.42 bits per heavy atom. The molecule has 2 rings (SSSR count). The van der Waals surface area contributed by atoms with Crippen LogP contribution >= 0.6 is 0 Å². The molecule has 0 aliphatic carbocycles. The molecule has 2 heterocycles. The summed E-state index contributed by atoms with van der Waals surface area (Å²) in [6.07, 6.45) is 4.92. The molecule has 1 saturated heterocycles. The van der Waals surface area contributed by atoms with E-state index in [0.29, 0.717) is 19.3 Å². The van der Waals surface area contributed by atoms with Gasteiger partial charge < -0.3 is 5.11 Å². The highest BCUT2D eigenvalue weighted by Gasteiger charge is 2.36. The zero-order valence-electron chi connectivity index (χ0n) is 10.5. The number of carboxylic acids is 1. The molecule has 19 heavy (non-hydrogen) atoms. The summed E-state index contributed by atoms with van der Waals surface area (Å²) in [6.45, 7) is 0. The van der Waals surface area contributed by atoms with Gasteiger partial charge in [-0.25, -0.2) is 8.42 Å². The molecule has 1 aliphatic heterocycles. The zero-order chi connectivity index (χ0) is 13.9. The molecule has 0 spiro atoms. The van der Waals surface area contributed by atoms with E-state index in [1.54, 1.807) is 12.4 Å². The Bertz CT molecular complexity index is 541. The minimum atomic E-state index is -3.03. The number of aliphatic carboxylic acids is 1. The van der Waals surface area contributed by atoms with Gasteiger partial charge >= 0.3 is 5.97 Å². The van der Waals surface area contributed by atoms with Crippen molar-refractivity contribution in [3.05, 3.63) is 30.1 Å². The summed E-state index contributed by atoms with van der Waals surface area (Å²) in [5.74, 6) is -1.58. The van der Waals surface area contributed by atoms with Crippen molar-refractivity contribution in [2.75, 3.05) is 11.5 Å². The number of pyridine rings is 1. The van der Waals surface area contributed by atoms with E-state index in [1.807, 2.05) is 12.1 Å². The van der Waals surface area contributed by atoms with E-state index < -0.39 is 21.7 Å². The molecule has 2 unspecified atom stereocenters. The molecule has 0 aromatic carbocycles. The highest BCUT2D eigenvalue weighted by molar-refractivity contribution is 7.91. The number of rotatable bonds is 5. The van der Waals surface area contributed by atoms with Crippen LogP contribution in [0.1, 0.15) is 18.4 Å². The summed E-state index contributed by atoms with van der Waals surface area (Å²) in [7, 11) is -3.03. The van der Waals surface area contributed by atoms with E-state index in [4.69, 9.17) is 0 Å². The van der Waals surface area contributed by atoms with Crippen LogP contribution < -0.4 is 0 Å². The van der Waals surface area contributed by atoms with Gasteiger partial charge in [0.15, 0.2) is 9.84 Å². The summed E-state index contributed by atoms with van der Waals surface area (Å²) in [6, 6.07) is 3.70. The minimum Gasteiger partial charge on any atom is -0.481 e. The van der Waals surface area contributed by atoms with Gasteiger partial charge in [0, 0.05) is 12.4 Å². The number of carbonyl (C=O) groups is 1. The summed E-state index contributed by atoms with van der Waals surface area (Å²) in [5, 5.41) is 9.27. The zero-order valence-corrected chi connectivity index (χ0v) is 11.3. The number of hydrogen-bond donors (Lipinski definition) is 1. The third-order valence-corrected chi connectivity index (χ3v) is 5.44. The minimum absolute atomic E-state index is 0.0142. The quantitative estimate of drug-likeness (QED) is 0.876. The van der Waals surface area contributed by atoms with Crippen LogP contribution in [0, 0.1) is 11.8 Å². The van der Waals surface area contributed by atoms with Gasteiger partial charge in [-0.15, -0.1) is 0 Å². The van der Waals surface area contributed by atoms with Crippen molar-refractivity contribution in [3.63, 3.8) is 0 Å². The molecule has 1 aliphatic rings. The number of hydrogen-bond acceptors (Lipinski definition) is 4. The van der Waals surface area contributed by atoms with Crippen LogP contribution in [0.2, 0.25) is 0 Å². The van der Waals surface area contributed by atoms with Gasteiger partial charge in [-0.3, -0.25) is 9.78 Å². The van der Waals surface area contributed by atoms with Crippen LogP contribution in [0.4, 0.5) is 0 Å². The molecule has 1 fully saturated rings. The Kier molecular flexibility index (Phi) is 4.19. The number of nitrogens with zero attached hydrogens (tertiary/aromatic N) is 1. The lowest BCUT2D eigenvalue weighted by atomic mass is 9.87. The highest BCUT2D eigenvalue weighted by Crippen LogP contribution is 2.29. The second-order valence-electron chi connectivity index (χ2n) is 5.00. The van der Waals surface area contributed by atoms with Crippen molar-refractivity contribution in [2.24, 2.45) is 11.8 Å². The fourth-order valence-electron chi connectivity index (χ4n) is 2.57. The van der Waals surface area contributed by atoms with Gasteiger partial charge in [0.1, 0.15) is 0 Å². The second kappa shape index (κ2) is 5.69. The number of carboxylic acid groups (broad SMARTS) is 1. The smallest absolute Gasteiger partial charge is 0.306 e. The SMILES string of the molecule is O=C(O)C(CCc1ccncc1)C1CCS(=O)(=O)C1. The second-order valence-corrected chi connectivity index (χ2v) is 7.23. The fraction of sp³-hybridized carbons (Fsp3) is 0.538. The highest BCUT2D eigenvalue weighted by atomic mass is 32.2. The monoisotopic (exact) mass is 283 g/mol. The standard InChI is InChI=1S/C13H17NO4S/c15-13(16)12(11-5-8-19(17,18)9-11)2-1-10-3-6-14-7-4-10/h3-4,6-7,11-12H,1-2,5,8-9H2,(H,15,16). The molecule has 0 radical (unpaired) electrons. The predicted molar refractivity (Wildman–Crippen MR) is 70.4 cm³/mol. The predicted octanol–water partition coefficient (Wildman–Crippen LogP) is 1.15. The Morgan fingerprint density at radius 3 is 2.63 bits per heavy atom. The molecule has 104 valence electrons. The molecule has 6 heteroatoms. The van der Waals surface area contributed by atoms with Crippen molar-refractivity contribution >= 4 is 15.8 Å². The number of aryl methyl sites for hydroxylation is 1. The molecule has 0 amide bonds. The molecule has 0 bridgehead atoms. The van der Waals surface area contributed by atoms with E-state index in [9.17, 15) is 18.3 Å². The number of sulfone groups is 1. The maximum atomic E-state index is 11.4. The Balaban J connectivity index is 2.00. The molecular weight excluding hydrogens is 266 g/mol. The largest absolute Gasteiger partial charge is 0.481 e. The normalized spacial score (nSPS) is 23.1. The average molecular weight is 283 g/mol. The topological polar surface area (TPSA) is 84.3 Å².